The molecule has 22 heavy (non-hydrogen) atoms. The number of amidine groups is 1. The number of benzene rings is 1. The van der Waals surface area contributed by atoms with E-state index in [4.69, 9.17) is 4.74 Å². The van der Waals surface area contributed by atoms with E-state index < -0.39 is 11.7 Å². The Kier molecular flexibility index (Phi) is 2.78. The molecule has 4 heteroatoms. The highest BCUT2D eigenvalue weighted by Gasteiger charge is 2.48. The molecule has 3 aliphatic heterocycles. The van der Waals surface area contributed by atoms with Crippen molar-refractivity contribution >= 4 is 5.84 Å². The van der Waals surface area contributed by atoms with Gasteiger partial charge in [0.2, 0.25) is 5.88 Å². The Morgan fingerprint density at radius 1 is 1.32 bits per heavy atom. The third-order valence-corrected chi connectivity index (χ3v) is 4.51. The molecule has 0 radical (unpaired) electrons. The molecule has 112 valence electrons. The summed E-state index contributed by atoms with van der Waals surface area (Å²) in [6.07, 6.45) is 5.37. The average Bonchev–Trinajstić information content (AvgIpc) is 2.78. The topological polar surface area (TPSA) is 45.1 Å². The molecule has 0 unspecified atom stereocenters. The fourth-order valence-electron chi connectivity index (χ4n) is 3.14. The maximum atomic E-state index is 10.8. The van der Waals surface area contributed by atoms with Crippen LogP contribution in [-0.4, -0.2) is 28.5 Å². The van der Waals surface area contributed by atoms with Crippen molar-refractivity contribution in [3.8, 4) is 0 Å². The highest BCUT2D eigenvalue weighted by molar-refractivity contribution is 5.97. The summed E-state index contributed by atoms with van der Waals surface area (Å²) >= 11 is 0. The van der Waals surface area contributed by atoms with Crippen molar-refractivity contribution in [1.29, 1.82) is 0 Å². The van der Waals surface area contributed by atoms with Crippen LogP contribution in [-0.2, 0) is 10.3 Å². The summed E-state index contributed by atoms with van der Waals surface area (Å²) in [4.78, 5) is 6.64. The van der Waals surface area contributed by atoms with Gasteiger partial charge in [-0.1, -0.05) is 30.3 Å². The molecule has 0 aromatic heterocycles. The van der Waals surface area contributed by atoms with Crippen LogP contribution in [0.15, 0.2) is 70.7 Å². The van der Waals surface area contributed by atoms with Crippen LogP contribution in [0, 0.1) is 0 Å². The molecule has 0 saturated carbocycles. The number of aliphatic hydroxyl groups is 1. The van der Waals surface area contributed by atoms with E-state index in [9.17, 15) is 5.11 Å². The number of hydrogen-bond acceptors (Lipinski definition) is 4. The molecule has 0 bridgehead atoms. The van der Waals surface area contributed by atoms with Gasteiger partial charge in [-0.15, -0.1) is 0 Å². The van der Waals surface area contributed by atoms with Crippen molar-refractivity contribution in [2.75, 3.05) is 6.54 Å². The summed E-state index contributed by atoms with van der Waals surface area (Å²) in [6.45, 7) is 4.57. The first kappa shape index (κ1) is 13.3. The first-order valence-electron chi connectivity index (χ1n) is 7.45. The Morgan fingerprint density at radius 2 is 2.09 bits per heavy atom. The molecule has 3 aliphatic rings. The van der Waals surface area contributed by atoms with E-state index in [1.165, 1.54) is 0 Å². The molecule has 1 aromatic carbocycles. The Balaban J connectivity index is 1.73. The lowest BCUT2D eigenvalue weighted by Crippen LogP contribution is -2.38. The normalized spacial score (nSPS) is 29.6. The average molecular weight is 294 g/mol. The van der Waals surface area contributed by atoms with Gasteiger partial charge in [0.1, 0.15) is 11.9 Å². The highest BCUT2D eigenvalue weighted by Crippen LogP contribution is 2.44. The first-order valence-corrected chi connectivity index (χ1v) is 7.45. The molecule has 0 spiro atoms. The lowest BCUT2D eigenvalue weighted by molar-refractivity contribution is -0.0411. The zero-order chi connectivity index (χ0) is 15.3. The van der Waals surface area contributed by atoms with Crippen molar-refractivity contribution in [2.24, 2.45) is 4.99 Å². The standard InChI is InChI=1S/C18H18N2O2/c1-12-8-9-20-11-14-16(21)18(2,13-6-4-3-5-7-13)22-17(14)19-15(20)10-12/h3-10,16,21H,11H2,1-2H3/t16-,18+/m1/s1. The molecule has 3 heterocycles. The molecular formula is C18H18N2O2. The Bertz CT molecular complexity index is 746. The number of allylic oxidation sites excluding steroid dienone is 2. The van der Waals surface area contributed by atoms with Gasteiger partial charge in [0.05, 0.1) is 6.54 Å². The lowest BCUT2D eigenvalue weighted by Gasteiger charge is -2.29. The summed E-state index contributed by atoms with van der Waals surface area (Å²) in [5.41, 5.74) is 2.17. The van der Waals surface area contributed by atoms with Gasteiger partial charge in [-0.25, -0.2) is 0 Å². The summed E-state index contributed by atoms with van der Waals surface area (Å²) in [7, 11) is 0. The van der Waals surface area contributed by atoms with Crippen LogP contribution in [0.5, 0.6) is 0 Å². The Hall–Kier alpha value is -2.33. The molecule has 4 nitrogen and oxygen atoms in total. The summed E-state index contributed by atoms with van der Waals surface area (Å²) < 4.78 is 6.10. The maximum Gasteiger partial charge on any atom is 0.220 e. The number of aliphatic hydroxyl groups excluding tert-OH is 1. The first-order chi connectivity index (χ1) is 10.6. The van der Waals surface area contributed by atoms with Crippen LogP contribution in [0.25, 0.3) is 0 Å². The SMILES string of the molecule is CC1=CC2=NC3=C(CN2C=C1)[C@@H](O)[C@](C)(c1ccccc1)O3. The van der Waals surface area contributed by atoms with Gasteiger partial charge in [0.15, 0.2) is 5.60 Å². The highest BCUT2D eigenvalue weighted by atomic mass is 16.5. The van der Waals surface area contributed by atoms with E-state index in [1.54, 1.807) is 0 Å². The van der Waals surface area contributed by atoms with Gasteiger partial charge >= 0.3 is 0 Å². The zero-order valence-electron chi connectivity index (χ0n) is 12.7. The minimum atomic E-state index is -0.785. The van der Waals surface area contributed by atoms with Gasteiger partial charge in [-0.2, -0.15) is 4.99 Å². The van der Waals surface area contributed by atoms with Gasteiger partial charge in [-0.3, -0.25) is 0 Å². The van der Waals surface area contributed by atoms with Crippen LogP contribution in [0.1, 0.15) is 19.4 Å². The fraction of sp³-hybridized carbons (Fsp3) is 0.278. The van der Waals surface area contributed by atoms with E-state index in [-0.39, 0.29) is 0 Å². The third-order valence-electron chi connectivity index (χ3n) is 4.51. The quantitative estimate of drug-likeness (QED) is 0.866. The third kappa shape index (κ3) is 1.84. The van der Waals surface area contributed by atoms with Crippen molar-refractivity contribution in [3.63, 3.8) is 0 Å². The molecule has 1 aromatic rings. The van der Waals surface area contributed by atoms with E-state index in [0.717, 1.165) is 22.5 Å². The molecular weight excluding hydrogens is 276 g/mol. The van der Waals surface area contributed by atoms with E-state index in [2.05, 4.69) is 4.99 Å². The molecule has 0 saturated heterocycles. The van der Waals surface area contributed by atoms with E-state index in [0.29, 0.717) is 12.4 Å². The van der Waals surface area contributed by atoms with Crippen LogP contribution >= 0.6 is 0 Å². The number of fused-ring (bicyclic) bond motifs is 1. The molecule has 4 rings (SSSR count). The van der Waals surface area contributed by atoms with Crippen molar-refractivity contribution < 1.29 is 9.84 Å². The minimum Gasteiger partial charge on any atom is -0.463 e. The summed E-state index contributed by atoms with van der Waals surface area (Å²) in [5.74, 6) is 1.42. The second-order valence-electron chi connectivity index (χ2n) is 6.11. The maximum absolute atomic E-state index is 10.8. The number of hydrogen-bond donors (Lipinski definition) is 1. The molecule has 0 fully saturated rings. The molecule has 1 N–H and O–H groups in total. The predicted octanol–water partition coefficient (Wildman–Crippen LogP) is 2.69. The van der Waals surface area contributed by atoms with Gasteiger partial charge < -0.3 is 14.7 Å². The van der Waals surface area contributed by atoms with Gasteiger partial charge in [0, 0.05) is 11.8 Å². The van der Waals surface area contributed by atoms with Crippen molar-refractivity contribution in [2.45, 2.75) is 25.6 Å². The smallest absolute Gasteiger partial charge is 0.220 e. The predicted molar refractivity (Wildman–Crippen MR) is 84.9 cm³/mol. The number of ether oxygens (including phenoxy) is 1. The number of aliphatic imine (C=N–C) groups is 1. The molecule has 0 aliphatic carbocycles. The Morgan fingerprint density at radius 3 is 2.86 bits per heavy atom. The second kappa shape index (κ2) is 4.58. The molecule has 2 atom stereocenters. The van der Waals surface area contributed by atoms with E-state index >= 15 is 0 Å². The number of nitrogens with zero attached hydrogens (tertiary/aromatic N) is 2. The monoisotopic (exact) mass is 294 g/mol. The van der Waals surface area contributed by atoms with Gasteiger partial charge in [-0.05, 0) is 37.1 Å². The summed E-state index contributed by atoms with van der Waals surface area (Å²) in [5, 5.41) is 10.8. The van der Waals surface area contributed by atoms with Crippen LogP contribution < -0.4 is 0 Å². The lowest BCUT2D eigenvalue weighted by atomic mass is 9.87. The summed E-state index contributed by atoms with van der Waals surface area (Å²) in [6, 6.07) is 9.83. The van der Waals surface area contributed by atoms with Gasteiger partial charge in [0.25, 0.3) is 0 Å². The van der Waals surface area contributed by atoms with Crippen molar-refractivity contribution in [1.82, 2.24) is 4.90 Å². The van der Waals surface area contributed by atoms with Crippen LogP contribution in [0.3, 0.4) is 0 Å². The van der Waals surface area contributed by atoms with E-state index in [1.807, 2.05) is 67.4 Å². The van der Waals surface area contributed by atoms with Crippen LogP contribution in [0.4, 0.5) is 0 Å². The second-order valence-corrected chi connectivity index (χ2v) is 6.11. The number of rotatable bonds is 1. The minimum absolute atomic E-state index is 0.560. The van der Waals surface area contributed by atoms with Crippen LogP contribution in [0.2, 0.25) is 0 Å². The van der Waals surface area contributed by atoms with Crippen molar-refractivity contribution in [3.05, 3.63) is 71.3 Å². The largest absolute Gasteiger partial charge is 0.463 e. The fourth-order valence-corrected chi connectivity index (χ4v) is 3.14. The zero-order valence-corrected chi connectivity index (χ0v) is 12.7. The molecule has 0 amide bonds. The Labute approximate surface area is 129 Å².